The number of Topliss-reactive ketones (excluding diaryl/α,β-unsaturated/α-hetero) is 1. The minimum absolute atomic E-state index is 0.185. The predicted molar refractivity (Wildman–Crippen MR) is 66.7 cm³/mol. The normalized spacial score (nSPS) is 48.8. The van der Waals surface area contributed by atoms with Crippen LogP contribution in [0.5, 0.6) is 0 Å². The first-order chi connectivity index (χ1) is 7.93. The summed E-state index contributed by atoms with van der Waals surface area (Å²) in [5.74, 6) is 0.898. The summed E-state index contributed by atoms with van der Waals surface area (Å²) < 4.78 is 0. The molecular weight excluding hydrogens is 214 g/mol. The number of hydrogen-bond acceptors (Lipinski definition) is 4. The first-order valence-electron chi connectivity index (χ1n) is 6.72. The van der Waals surface area contributed by atoms with E-state index in [0.29, 0.717) is 11.7 Å². The van der Waals surface area contributed by atoms with E-state index in [1.54, 1.807) is 0 Å². The van der Waals surface area contributed by atoms with Crippen molar-refractivity contribution in [1.29, 1.82) is 0 Å². The van der Waals surface area contributed by atoms with Gasteiger partial charge in [-0.15, -0.1) is 0 Å². The third-order valence-electron chi connectivity index (χ3n) is 4.53. The molecule has 4 fully saturated rings. The molecule has 4 heterocycles. The van der Waals surface area contributed by atoms with Crippen LogP contribution in [0.2, 0.25) is 0 Å². The topological polar surface area (TPSA) is 49.6 Å². The van der Waals surface area contributed by atoms with E-state index in [9.17, 15) is 4.79 Å². The molecule has 0 radical (unpaired) electrons. The van der Waals surface area contributed by atoms with Crippen molar-refractivity contribution in [2.45, 2.75) is 25.8 Å². The fraction of sp³-hybridized carbons (Fsp3) is 0.923. The second-order valence-electron chi connectivity index (χ2n) is 6.78. The van der Waals surface area contributed by atoms with E-state index in [0.717, 1.165) is 45.7 Å². The molecule has 0 aromatic heterocycles. The highest BCUT2D eigenvalue weighted by molar-refractivity contribution is 5.96. The van der Waals surface area contributed by atoms with Gasteiger partial charge in [0.05, 0.1) is 5.41 Å². The third kappa shape index (κ3) is 1.65. The Morgan fingerprint density at radius 1 is 1.18 bits per heavy atom. The maximum atomic E-state index is 12.7. The lowest BCUT2D eigenvalue weighted by atomic mass is 9.64. The van der Waals surface area contributed by atoms with Gasteiger partial charge in [0.15, 0.2) is 5.78 Å². The summed E-state index contributed by atoms with van der Waals surface area (Å²) >= 11 is 0. The molecule has 0 aliphatic carbocycles. The fourth-order valence-electron chi connectivity index (χ4n) is 4.28. The largest absolute Gasteiger partial charge is 0.317 e. The number of piperidine rings is 2. The maximum Gasteiger partial charge on any atom is 0.163 e. The minimum Gasteiger partial charge on any atom is -0.317 e. The van der Waals surface area contributed by atoms with Crippen LogP contribution < -0.4 is 5.73 Å². The summed E-state index contributed by atoms with van der Waals surface area (Å²) in [5.41, 5.74) is 5.61. The molecule has 0 saturated carbocycles. The van der Waals surface area contributed by atoms with Gasteiger partial charge in [0.25, 0.3) is 0 Å². The molecule has 17 heavy (non-hydrogen) atoms. The number of ketones is 1. The van der Waals surface area contributed by atoms with Crippen LogP contribution in [0.4, 0.5) is 0 Å². The summed E-state index contributed by atoms with van der Waals surface area (Å²) in [4.78, 5) is 17.6. The van der Waals surface area contributed by atoms with Gasteiger partial charge < -0.3 is 5.73 Å². The lowest BCUT2D eigenvalue weighted by molar-refractivity contribution is -0.148. The van der Waals surface area contributed by atoms with Crippen molar-refractivity contribution in [2.24, 2.45) is 17.1 Å². The van der Waals surface area contributed by atoms with E-state index in [1.165, 1.54) is 0 Å². The summed E-state index contributed by atoms with van der Waals surface area (Å²) in [6.45, 7) is 9.95. The molecule has 4 rings (SSSR count). The number of fused-ring (bicyclic) bond motifs is 1. The molecule has 4 aliphatic heterocycles. The van der Waals surface area contributed by atoms with Crippen LogP contribution in [0, 0.1) is 11.3 Å². The van der Waals surface area contributed by atoms with Crippen LogP contribution in [-0.2, 0) is 4.79 Å². The van der Waals surface area contributed by atoms with Gasteiger partial charge in [-0.1, -0.05) is 13.8 Å². The third-order valence-corrected chi connectivity index (χ3v) is 4.53. The molecule has 0 amide bonds. The summed E-state index contributed by atoms with van der Waals surface area (Å²) in [5, 5.41) is 0. The van der Waals surface area contributed by atoms with Gasteiger partial charge in [0, 0.05) is 39.3 Å². The number of hydrogen-bond donors (Lipinski definition) is 1. The van der Waals surface area contributed by atoms with Crippen LogP contribution in [0.15, 0.2) is 0 Å². The van der Waals surface area contributed by atoms with Crippen molar-refractivity contribution in [3.05, 3.63) is 0 Å². The van der Waals surface area contributed by atoms with Crippen molar-refractivity contribution in [2.75, 3.05) is 39.3 Å². The molecule has 96 valence electrons. The van der Waals surface area contributed by atoms with Crippen molar-refractivity contribution in [1.82, 2.24) is 9.80 Å². The molecule has 2 unspecified atom stereocenters. The van der Waals surface area contributed by atoms with Crippen LogP contribution in [0.1, 0.15) is 20.3 Å². The van der Waals surface area contributed by atoms with E-state index in [2.05, 4.69) is 23.6 Å². The molecule has 4 nitrogen and oxygen atoms in total. The van der Waals surface area contributed by atoms with Gasteiger partial charge in [-0.2, -0.15) is 0 Å². The van der Waals surface area contributed by atoms with Crippen LogP contribution in [0.3, 0.4) is 0 Å². The van der Waals surface area contributed by atoms with E-state index in [1.807, 2.05) is 0 Å². The molecular formula is C13H23N3O. The molecule has 4 heteroatoms. The number of nitrogens with zero attached hydrogens (tertiary/aromatic N) is 2. The Morgan fingerprint density at radius 2 is 1.71 bits per heavy atom. The summed E-state index contributed by atoms with van der Waals surface area (Å²) in [7, 11) is 0. The van der Waals surface area contributed by atoms with Crippen LogP contribution in [-0.4, -0.2) is 60.4 Å². The second-order valence-corrected chi connectivity index (χ2v) is 6.78. The maximum absolute atomic E-state index is 12.7. The average Bonchev–Trinajstić information content (AvgIpc) is 2.40. The minimum atomic E-state index is -0.595. The summed E-state index contributed by atoms with van der Waals surface area (Å²) in [6.07, 6.45) is 0.984. The van der Waals surface area contributed by atoms with Crippen molar-refractivity contribution in [3.63, 3.8) is 0 Å². The molecule has 4 saturated heterocycles. The zero-order valence-electron chi connectivity index (χ0n) is 10.9. The first-order valence-corrected chi connectivity index (χ1v) is 6.72. The monoisotopic (exact) mass is 237 g/mol. The molecule has 0 spiro atoms. The smallest absolute Gasteiger partial charge is 0.163 e. The second kappa shape index (κ2) is 3.53. The quantitative estimate of drug-likeness (QED) is 0.730. The lowest BCUT2D eigenvalue weighted by Crippen LogP contribution is -2.74. The Kier molecular flexibility index (Phi) is 2.41. The number of carbonyl (C=O) groups is 1. The first kappa shape index (κ1) is 11.6. The standard InChI is InChI=1S/C13H23N3O/c1-10(2)5-12-6-15-3-4-16(7-12)9-13(14,8-15)11(12)17/h10H,3-9,14H2,1-2H3. The highest BCUT2D eigenvalue weighted by atomic mass is 16.1. The van der Waals surface area contributed by atoms with Crippen molar-refractivity contribution < 1.29 is 4.79 Å². The van der Waals surface area contributed by atoms with Gasteiger partial charge in [0.1, 0.15) is 5.54 Å². The van der Waals surface area contributed by atoms with Crippen molar-refractivity contribution >= 4 is 5.78 Å². The SMILES string of the molecule is CC(C)CC12CN3CCN(CC(N)(C3)C1=O)C2. The van der Waals surface area contributed by atoms with Gasteiger partial charge in [-0.25, -0.2) is 0 Å². The van der Waals surface area contributed by atoms with Gasteiger partial charge in [0.2, 0.25) is 0 Å². The number of nitrogens with two attached hydrogens (primary N) is 1. The zero-order valence-corrected chi connectivity index (χ0v) is 10.9. The van der Waals surface area contributed by atoms with Gasteiger partial charge >= 0.3 is 0 Å². The number of rotatable bonds is 2. The van der Waals surface area contributed by atoms with Crippen molar-refractivity contribution in [3.8, 4) is 0 Å². The number of carbonyl (C=O) groups excluding carboxylic acids is 1. The lowest BCUT2D eigenvalue weighted by Gasteiger charge is -2.53. The molecule has 0 aromatic carbocycles. The highest BCUT2D eigenvalue weighted by Crippen LogP contribution is 2.42. The Labute approximate surface area is 103 Å². The van der Waals surface area contributed by atoms with E-state index < -0.39 is 5.54 Å². The average molecular weight is 237 g/mol. The van der Waals surface area contributed by atoms with E-state index >= 15 is 0 Å². The highest BCUT2D eigenvalue weighted by Gasteiger charge is 2.59. The Balaban J connectivity index is 2.00. The zero-order chi connectivity index (χ0) is 12.3. The van der Waals surface area contributed by atoms with Crippen LogP contribution in [0.25, 0.3) is 0 Å². The Bertz CT molecular complexity index is 337. The Hall–Kier alpha value is -0.450. The van der Waals surface area contributed by atoms with E-state index in [4.69, 9.17) is 5.73 Å². The van der Waals surface area contributed by atoms with Gasteiger partial charge in [-0.05, 0) is 12.3 Å². The Morgan fingerprint density at radius 3 is 2.18 bits per heavy atom. The van der Waals surface area contributed by atoms with Gasteiger partial charge in [-0.3, -0.25) is 14.6 Å². The predicted octanol–water partition coefficient (Wildman–Crippen LogP) is -0.0697. The molecule has 4 bridgehead atoms. The molecule has 2 atom stereocenters. The van der Waals surface area contributed by atoms with E-state index in [-0.39, 0.29) is 5.41 Å². The fourth-order valence-corrected chi connectivity index (χ4v) is 4.28. The molecule has 2 N–H and O–H groups in total. The molecule has 4 aliphatic rings. The summed E-state index contributed by atoms with van der Waals surface area (Å²) in [6, 6.07) is 0. The molecule has 0 aromatic rings. The van der Waals surface area contributed by atoms with Crippen LogP contribution >= 0.6 is 0 Å².